The Balaban J connectivity index is 0.000000183. The zero-order chi connectivity index (χ0) is 47.7. The molecule has 0 saturated carbocycles. The second kappa shape index (κ2) is 21.2. The van der Waals surface area contributed by atoms with Crippen LogP contribution in [0.4, 0.5) is 45.0 Å². The van der Waals surface area contributed by atoms with E-state index < -0.39 is 45.4 Å². The molecule has 334 valence electrons. The maximum Gasteiger partial charge on any atom is 0.337 e. The highest BCUT2D eigenvalue weighted by Gasteiger charge is 2.14. The van der Waals surface area contributed by atoms with E-state index in [0.717, 1.165) is 24.3 Å². The zero-order valence-corrected chi connectivity index (χ0v) is 37.1. The van der Waals surface area contributed by atoms with Crippen LogP contribution in [0.2, 0.25) is 5.28 Å². The Morgan fingerprint density at radius 1 is 0.646 bits per heavy atom. The van der Waals surface area contributed by atoms with E-state index in [9.17, 15) is 40.0 Å². The van der Waals surface area contributed by atoms with Crippen LogP contribution in [0.5, 0.6) is 0 Å². The first-order valence-electron chi connectivity index (χ1n) is 17.6. The first kappa shape index (κ1) is 49.1. The van der Waals surface area contributed by atoms with Gasteiger partial charge in [0.05, 0.1) is 32.7 Å². The number of hydrogen-bond donors (Lipinski definition) is 6. The molecule has 5 aromatic carbocycles. The highest BCUT2D eigenvalue weighted by Crippen LogP contribution is 2.30. The quantitative estimate of drug-likeness (QED) is 0.0392. The Bertz CT molecular complexity index is 3200. The van der Waals surface area contributed by atoms with Crippen molar-refractivity contribution in [3.8, 4) is 11.1 Å². The number of rotatable bonds is 6. The molecule has 0 aliphatic heterocycles. The molecule has 65 heavy (non-hydrogen) atoms. The molecule has 0 fully saturated rings. The van der Waals surface area contributed by atoms with E-state index in [1.54, 1.807) is 0 Å². The molecule has 8 rings (SSSR count). The van der Waals surface area contributed by atoms with Gasteiger partial charge in [-0.15, -0.1) is 0 Å². The van der Waals surface area contributed by atoms with Crippen LogP contribution in [-0.4, -0.2) is 55.5 Å². The number of carboxylic acids is 2. The molecular formula is C41H27Br2ClF5N9O6S. The maximum atomic E-state index is 14.0. The molecule has 0 amide bonds. The van der Waals surface area contributed by atoms with Crippen molar-refractivity contribution in [2.75, 3.05) is 16.8 Å². The number of carbonyl (C=O) groups is 2. The summed E-state index contributed by atoms with van der Waals surface area (Å²) in [5.74, 6) is -4.94. The SMILES string of the molecule is Fc1cc(Br)c2nc(Cl)ncc2c1.NS(=O)(=O)c1ccc(Nc2ncc3cc(F)cc(-c4ccc(F)nc4)c3n2)cc1.Nc1c(Br)cc(F)cc1C(=O)O.Nc1ccc(F)cc1C(=O)O. The van der Waals surface area contributed by atoms with Gasteiger partial charge >= 0.3 is 11.9 Å². The lowest BCUT2D eigenvalue weighted by atomic mass is 10.0. The second-order valence-corrected chi connectivity index (χ2v) is 16.4. The van der Waals surface area contributed by atoms with Crippen LogP contribution < -0.4 is 21.9 Å². The normalized spacial score (nSPS) is 10.7. The number of nitrogen functional groups attached to an aromatic ring is 2. The molecule has 0 saturated heterocycles. The van der Waals surface area contributed by atoms with Gasteiger partial charge in [-0.2, -0.15) is 4.39 Å². The standard InChI is InChI=1S/C19H13F2N5O2S.C8H3BrClFN2.C7H5BrFNO2.C7H6FNO2/c20-13-7-12-10-24-19(25-14-2-4-15(5-3-14)29(22,27)28)26-18(12)16(8-13)11-1-6-17(21)23-9-11;9-6-2-5(11)1-4-3-12-8(10)13-7(4)6;8-5-2-3(9)1-4(6(5)10)7(11)12;8-4-1-2-6(9)5(3-4)7(10)11/h1-10H,(H2,22,27,28)(H,24,25,26);1-3H;1-2H,10H2,(H,11,12);1-3H,9H2,(H,10,11). The lowest BCUT2D eigenvalue weighted by Crippen LogP contribution is -2.11. The molecule has 24 heteroatoms. The molecule has 0 bridgehead atoms. The number of fused-ring (bicyclic) bond motifs is 2. The summed E-state index contributed by atoms with van der Waals surface area (Å²) in [4.78, 5) is 40.7. The van der Waals surface area contributed by atoms with E-state index in [0.29, 0.717) is 43.1 Å². The largest absolute Gasteiger partial charge is 0.478 e. The predicted octanol–water partition coefficient (Wildman–Crippen LogP) is 9.52. The summed E-state index contributed by atoms with van der Waals surface area (Å²) in [6.45, 7) is 0. The maximum absolute atomic E-state index is 14.0. The lowest BCUT2D eigenvalue weighted by molar-refractivity contribution is 0.0686. The Morgan fingerprint density at radius 3 is 1.83 bits per heavy atom. The number of primary sulfonamides is 1. The van der Waals surface area contributed by atoms with Crippen LogP contribution in [0.1, 0.15) is 20.7 Å². The van der Waals surface area contributed by atoms with E-state index in [4.69, 9.17) is 38.4 Å². The first-order valence-corrected chi connectivity index (χ1v) is 21.1. The van der Waals surface area contributed by atoms with E-state index in [1.165, 1.54) is 85.3 Å². The van der Waals surface area contributed by atoms with Crippen LogP contribution >= 0.6 is 43.5 Å². The number of carboxylic acid groups (broad SMARTS) is 2. The van der Waals surface area contributed by atoms with Crippen molar-refractivity contribution in [3.05, 3.63) is 164 Å². The van der Waals surface area contributed by atoms with Crippen molar-refractivity contribution in [2.24, 2.45) is 5.14 Å². The summed E-state index contributed by atoms with van der Waals surface area (Å²) in [6.07, 6.45) is 4.23. The lowest BCUT2D eigenvalue weighted by Gasteiger charge is -2.10. The van der Waals surface area contributed by atoms with Gasteiger partial charge in [0.25, 0.3) is 0 Å². The number of hydrogen-bond acceptors (Lipinski definition) is 12. The van der Waals surface area contributed by atoms with Gasteiger partial charge in [-0.1, -0.05) is 0 Å². The highest BCUT2D eigenvalue weighted by atomic mass is 79.9. The third-order valence-corrected chi connectivity index (χ3v) is 10.6. The molecule has 8 aromatic rings. The van der Waals surface area contributed by atoms with Gasteiger partial charge in [0.1, 0.15) is 23.3 Å². The summed E-state index contributed by atoms with van der Waals surface area (Å²) in [5, 5.41) is 26.3. The van der Waals surface area contributed by atoms with Gasteiger partial charge in [0, 0.05) is 60.8 Å². The smallest absolute Gasteiger partial charge is 0.337 e. The van der Waals surface area contributed by atoms with Crippen molar-refractivity contribution in [1.82, 2.24) is 24.9 Å². The molecule has 0 atom stereocenters. The fourth-order valence-corrected chi connectivity index (χ4v) is 6.92. The molecule has 15 nitrogen and oxygen atoms in total. The number of halogens is 8. The summed E-state index contributed by atoms with van der Waals surface area (Å²) >= 11 is 11.7. The highest BCUT2D eigenvalue weighted by molar-refractivity contribution is 9.11. The molecule has 3 aromatic heterocycles. The monoisotopic (exact) mass is 1060 g/mol. The van der Waals surface area contributed by atoms with E-state index in [2.05, 4.69) is 62.1 Å². The van der Waals surface area contributed by atoms with Crippen molar-refractivity contribution >= 4 is 110 Å². The van der Waals surface area contributed by atoms with Gasteiger partial charge in [-0.3, -0.25) is 0 Å². The van der Waals surface area contributed by atoms with Crippen LogP contribution in [-0.2, 0) is 10.0 Å². The number of nitrogens with two attached hydrogens (primary N) is 3. The fraction of sp³-hybridized carbons (Fsp3) is 0. The van der Waals surface area contributed by atoms with E-state index >= 15 is 0 Å². The summed E-state index contributed by atoms with van der Waals surface area (Å²) in [6, 6.07) is 18.9. The topological polar surface area (TPSA) is 263 Å². The van der Waals surface area contributed by atoms with E-state index in [-0.39, 0.29) is 48.9 Å². The third kappa shape index (κ3) is 13.3. The minimum Gasteiger partial charge on any atom is -0.478 e. The minimum absolute atomic E-state index is 0.0240. The molecule has 9 N–H and O–H groups in total. The number of nitrogens with zero attached hydrogens (tertiary/aromatic N) is 5. The molecule has 0 radical (unpaired) electrons. The molecular weight excluding hydrogens is 1040 g/mol. The van der Waals surface area contributed by atoms with Crippen molar-refractivity contribution in [1.29, 1.82) is 0 Å². The Hall–Kier alpha value is -6.92. The second-order valence-electron chi connectivity index (χ2n) is 12.8. The van der Waals surface area contributed by atoms with Gasteiger partial charge in [-0.05, 0) is 134 Å². The Labute approximate surface area is 385 Å². The number of aromatic carboxylic acids is 2. The summed E-state index contributed by atoms with van der Waals surface area (Å²) in [5.41, 5.74) is 12.8. The average Bonchev–Trinajstić information content (AvgIpc) is 3.24. The number of benzene rings is 5. The van der Waals surface area contributed by atoms with Crippen molar-refractivity contribution < 1.29 is 50.2 Å². The van der Waals surface area contributed by atoms with Crippen molar-refractivity contribution in [3.63, 3.8) is 0 Å². The molecule has 3 heterocycles. The summed E-state index contributed by atoms with van der Waals surface area (Å²) in [7, 11) is -3.79. The number of sulfonamides is 1. The van der Waals surface area contributed by atoms with Gasteiger partial charge in [0.2, 0.25) is 27.2 Å². The average molecular weight is 1060 g/mol. The first-order chi connectivity index (χ1) is 30.6. The number of anilines is 4. The van der Waals surface area contributed by atoms with Gasteiger partial charge in [0.15, 0.2) is 0 Å². The van der Waals surface area contributed by atoms with Gasteiger partial charge in [-0.25, -0.2) is 65.6 Å². The van der Waals surface area contributed by atoms with Gasteiger partial charge < -0.3 is 27.0 Å². The Kier molecular flexibility index (Phi) is 16.0. The zero-order valence-electron chi connectivity index (χ0n) is 32.3. The van der Waals surface area contributed by atoms with Crippen LogP contribution in [0.25, 0.3) is 32.9 Å². The molecule has 0 unspecified atom stereocenters. The fourth-order valence-electron chi connectivity index (χ4n) is 5.30. The van der Waals surface area contributed by atoms with Crippen LogP contribution in [0, 0.1) is 29.2 Å². The minimum atomic E-state index is -3.79. The van der Waals surface area contributed by atoms with Crippen LogP contribution in [0.15, 0.2) is 123 Å². The summed E-state index contributed by atoms with van der Waals surface area (Å²) < 4.78 is 88.6. The number of pyridine rings is 1. The molecule has 0 spiro atoms. The third-order valence-electron chi connectivity index (χ3n) is 8.27. The Morgan fingerprint density at radius 2 is 1.23 bits per heavy atom. The molecule has 0 aliphatic carbocycles. The predicted molar refractivity (Wildman–Crippen MR) is 239 cm³/mol. The van der Waals surface area contributed by atoms with Crippen LogP contribution in [0.3, 0.4) is 0 Å². The van der Waals surface area contributed by atoms with Crippen molar-refractivity contribution in [2.45, 2.75) is 4.90 Å². The number of aromatic nitrogens is 5. The molecule has 0 aliphatic rings. The van der Waals surface area contributed by atoms with E-state index in [1.807, 2.05) is 0 Å². The number of nitrogens with one attached hydrogen (secondary N) is 1.